The van der Waals surface area contributed by atoms with E-state index in [1.165, 1.54) is 89.9 Å². The zero-order valence-corrected chi connectivity index (χ0v) is 39.7. The predicted molar refractivity (Wildman–Crippen MR) is 282 cm³/mol. The van der Waals surface area contributed by atoms with Gasteiger partial charge >= 0.3 is 0 Å². The van der Waals surface area contributed by atoms with E-state index < -0.39 is 0 Å². The first-order chi connectivity index (χ1) is 26.5. The minimum Gasteiger partial charge on any atom is -0.378 e. The molecule has 3 aliphatic carbocycles. The summed E-state index contributed by atoms with van der Waals surface area (Å²) in [5, 5.41) is 0. The van der Waals surface area contributed by atoms with Crippen LogP contribution < -0.4 is 0 Å². The van der Waals surface area contributed by atoms with Crippen LogP contribution in [-0.4, -0.2) is 64.4 Å². The second kappa shape index (κ2) is 44.1. The largest absolute Gasteiger partial charge is 0.378 e. The summed E-state index contributed by atoms with van der Waals surface area (Å²) in [4.78, 5) is 0. The summed E-state index contributed by atoms with van der Waals surface area (Å²) in [5.74, 6) is 6.67. The first-order valence-electron chi connectivity index (χ1n) is 23.5. The summed E-state index contributed by atoms with van der Waals surface area (Å²) in [5.41, 5.74) is 3.17. The van der Waals surface area contributed by atoms with Crippen LogP contribution >= 0.6 is 0 Å². The van der Waals surface area contributed by atoms with Crippen molar-refractivity contribution in [3.8, 4) is 0 Å². The van der Waals surface area contributed by atoms with Gasteiger partial charge in [0.05, 0.1) is 38.6 Å². The van der Waals surface area contributed by atoms with Crippen LogP contribution in [0.5, 0.6) is 0 Å². The Bertz CT molecular complexity index is 770. The molecule has 382 valence electrons. The first kappa shape index (κ1) is 72.8. The lowest BCUT2D eigenvalue weighted by molar-refractivity contribution is -0.187. The van der Waals surface area contributed by atoms with Gasteiger partial charge in [0.25, 0.3) is 0 Å². The lowest BCUT2D eigenvalue weighted by Gasteiger charge is -2.24. The summed E-state index contributed by atoms with van der Waals surface area (Å²) < 4.78 is 31.5. The highest BCUT2D eigenvalue weighted by molar-refractivity contribution is 5.02. The fraction of sp³-hybridized carbons (Fsp3) is 0.929. The summed E-state index contributed by atoms with van der Waals surface area (Å²) >= 11 is 0. The number of hydrogen-bond acceptors (Lipinski definition) is 6. The molecule has 0 amide bonds. The summed E-state index contributed by atoms with van der Waals surface area (Å²) in [6.07, 6.45) is 25.0. The van der Waals surface area contributed by atoms with Crippen molar-refractivity contribution in [3.63, 3.8) is 0 Å². The van der Waals surface area contributed by atoms with Crippen LogP contribution in [0.4, 0.5) is 0 Å². The number of allylic oxidation sites excluding steroid dienone is 4. The van der Waals surface area contributed by atoms with Crippen LogP contribution in [-0.2, 0) is 28.4 Å². The number of ether oxygens (including phenoxy) is 6. The second-order valence-corrected chi connectivity index (χ2v) is 19.6. The molecule has 0 N–H and O–H groups in total. The normalized spacial score (nSPS) is 33.3. The van der Waals surface area contributed by atoms with Gasteiger partial charge in [0.2, 0.25) is 0 Å². The number of hydrogen-bond donors (Lipinski definition) is 0. The van der Waals surface area contributed by atoms with E-state index in [-0.39, 0.29) is 58.6 Å². The molecule has 0 bridgehead atoms. The third-order valence-electron chi connectivity index (χ3n) is 12.0. The minimum absolute atomic E-state index is 0. The molecule has 4 aliphatic heterocycles. The molecule has 6 unspecified atom stereocenters. The molecule has 0 aromatic rings. The molecule has 4 heterocycles. The Balaban J connectivity index is -0.000000114. The molecule has 4 saturated heterocycles. The summed E-state index contributed by atoms with van der Waals surface area (Å²) in [6.45, 7) is 36.0. The molecule has 6 heteroatoms. The van der Waals surface area contributed by atoms with E-state index in [1.807, 2.05) is 13.8 Å². The highest BCUT2D eigenvalue weighted by atomic mass is 16.7. The van der Waals surface area contributed by atoms with Crippen LogP contribution in [0.3, 0.4) is 0 Å². The van der Waals surface area contributed by atoms with Gasteiger partial charge in [-0.15, -0.1) is 0 Å². The molecule has 0 aromatic carbocycles. The van der Waals surface area contributed by atoms with Gasteiger partial charge in [-0.05, 0) is 141 Å². The third kappa shape index (κ3) is 41.9. The lowest BCUT2D eigenvalue weighted by Crippen LogP contribution is -2.27. The second-order valence-electron chi connectivity index (χ2n) is 19.6. The van der Waals surface area contributed by atoms with Gasteiger partial charge in [0, 0.05) is 26.5 Å². The maximum Gasteiger partial charge on any atom is 0.154 e. The van der Waals surface area contributed by atoms with Crippen molar-refractivity contribution in [2.24, 2.45) is 47.3 Å². The van der Waals surface area contributed by atoms with Crippen LogP contribution in [0, 0.1) is 47.3 Å². The van der Waals surface area contributed by atoms with Crippen LogP contribution in [0.25, 0.3) is 0 Å². The Hall–Kier alpha value is -0.760. The van der Waals surface area contributed by atoms with Crippen LogP contribution in [0.2, 0.25) is 0 Å². The van der Waals surface area contributed by atoms with Gasteiger partial charge in [-0.3, -0.25) is 0 Å². The Morgan fingerprint density at radius 1 is 0.323 bits per heavy atom. The topological polar surface area (TPSA) is 55.4 Å². The molecular formula is C56H122O6. The van der Waals surface area contributed by atoms with Gasteiger partial charge in [0.15, 0.2) is 12.6 Å². The van der Waals surface area contributed by atoms with Crippen molar-refractivity contribution in [1.29, 1.82) is 0 Å². The molecule has 0 radical (unpaired) electrons. The molecule has 7 aliphatic rings. The number of rotatable bonds is 0. The highest BCUT2D eigenvalue weighted by Gasteiger charge is 2.16. The standard InChI is InChI=1S/C8H16.2C8H14.2C7H14O.2C6H12O2.6CH4.H2/c3*1-7-3-5-8(2)6-4-7;2*1-6-3-4-7(2)8-5-6;2*1-5-3-7-6(2)8-4-5;;;;;;;/h7-8H,3-6H2,1-2H3;2*3,8H,4-6H2,1-2H3;2*6-7H,3-5H2,1-2H3;2*5-6H,3-4H2,1-2H3;6*1H4;1H. The van der Waals surface area contributed by atoms with E-state index in [2.05, 4.69) is 95.2 Å². The van der Waals surface area contributed by atoms with Gasteiger partial charge in [0.1, 0.15) is 0 Å². The third-order valence-corrected chi connectivity index (χ3v) is 12.0. The first-order valence-corrected chi connectivity index (χ1v) is 23.5. The molecule has 0 aromatic heterocycles. The van der Waals surface area contributed by atoms with E-state index in [9.17, 15) is 0 Å². The summed E-state index contributed by atoms with van der Waals surface area (Å²) in [7, 11) is 0. The van der Waals surface area contributed by atoms with Gasteiger partial charge in [-0.1, -0.05) is 149 Å². The van der Waals surface area contributed by atoms with Gasteiger partial charge in [-0.2, -0.15) is 0 Å². The molecule has 6 atom stereocenters. The average Bonchev–Trinajstić information content (AvgIpc) is 3.18. The zero-order valence-electron chi connectivity index (χ0n) is 39.7. The van der Waals surface area contributed by atoms with E-state index in [4.69, 9.17) is 28.4 Å². The van der Waals surface area contributed by atoms with E-state index in [1.54, 1.807) is 11.1 Å². The Labute approximate surface area is 395 Å². The monoisotopic (exact) mass is 891 g/mol. The Morgan fingerprint density at radius 2 is 0.581 bits per heavy atom. The van der Waals surface area contributed by atoms with Crippen molar-refractivity contribution in [2.75, 3.05) is 39.6 Å². The van der Waals surface area contributed by atoms with Crippen molar-refractivity contribution < 1.29 is 29.8 Å². The highest BCUT2D eigenvalue weighted by Crippen LogP contribution is 2.27. The molecular weight excluding hydrogens is 769 g/mol. The van der Waals surface area contributed by atoms with E-state index in [0.717, 1.165) is 75.1 Å². The quantitative estimate of drug-likeness (QED) is 0.226. The molecule has 5 fully saturated rings. The molecule has 62 heavy (non-hydrogen) atoms. The summed E-state index contributed by atoms with van der Waals surface area (Å²) in [6, 6.07) is 0. The van der Waals surface area contributed by atoms with Gasteiger partial charge in [-0.25, -0.2) is 0 Å². The fourth-order valence-corrected chi connectivity index (χ4v) is 7.04. The maximum atomic E-state index is 5.39. The predicted octanol–water partition coefficient (Wildman–Crippen LogP) is 18.1. The van der Waals surface area contributed by atoms with Crippen molar-refractivity contribution in [2.45, 2.75) is 256 Å². The Morgan fingerprint density at radius 3 is 0.758 bits per heavy atom. The minimum atomic E-state index is 0. The van der Waals surface area contributed by atoms with Crippen molar-refractivity contribution in [1.82, 2.24) is 0 Å². The molecule has 0 spiro atoms. The smallest absolute Gasteiger partial charge is 0.154 e. The maximum absolute atomic E-state index is 5.39. The lowest BCUT2D eigenvalue weighted by atomic mass is 9.84. The van der Waals surface area contributed by atoms with Crippen molar-refractivity contribution in [3.05, 3.63) is 23.3 Å². The van der Waals surface area contributed by atoms with E-state index in [0.29, 0.717) is 24.0 Å². The Kier molecular flexibility index (Phi) is 51.8. The SMILES string of the molecule is C.C.C.C.C.C.CC1=CCC(C)CC1.CC1=CCC(C)CC1.CC1CCC(C)CC1.CC1CCC(C)OC1.CC1CCC(C)OC1.CC1COC(C)OC1.CC1COC(C)OC1.[HH]. The molecule has 1 saturated carbocycles. The average molecular weight is 892 g/mol. The molecule has 7 rings (SSSR count). The molecule has 6 nitrogen and oxygen atoms in total. The van der Waals surface area contributed by atoms with Crippen molar-refractivity contribution >= 4 is 0 Å². The van der Waals surface area contributed by atoms with Gasteiger partial charge < -0.3 is 28.4 Å². The zero-order chi connectivity index (χ0) is 41.9. The van der Waals surface area contributed by atoms with Crippen LogP contribution in [0.1, 0.15) is 233 Å². The van der Waals surface area contributed by atoms with Crippen LogP contribution in [0.15, 0.2) is 23.3 Å². The fourth-order valence-electron chi connectivity index (χ4n) is 7.04. The van der Waals surface area contributed by atoms with E-state index >= 15 is 0 Å².